The summed E-state index contributed by atoms with van der Waals surface area (Å²) in [6.07, 6.45) is 4.24. The van der Waals surface area contributed by atoms with Crippen LogP contribution in [-0.4, -0.2) is 49.0 Å². The van der Waals surface area contributed by atoms with Gasteiger partial charge in [0, 0.05) is 24.0 Å². The van der Waals surface area contributed by atoms with Gasteiger partial charge in [-0.3, -0.25) is 4.79 Å². The lowest BCUT2D eigenvalue weighted by molar-refractivity contribution is -0.131. The zero-order chi connectivity index (χ0) is 17.9. The molecule has 0 N–H and O–H groups in total. The Bertz CT molecular complexity index is 886. The van der Waals surface area contributed by atoms with E-state index < -0.39 is 0 Å². The Balaban J connectivity index is 1.57. The van der Waals surface area contributed by atoms with Crippen molar-refractivity contribution in [1.29, 1.82) is 0 Å². The number of amides is 1. The fourth-order valence-electron chi connectivity index (χ4n) is 3.18. The Morgan fingerprint density at radius 1 is 1.23 bits per heavy atom. The van der Waals surface area contributed by atoms with Crippen LogP contribution >= 0.6 is 23.1 Å². The van der Waals surface area contributed by atoms with E-state index >= 15 is 0 Å². The van der Waals surface area contributed by atoms with E-state index in [4.69, 9.17) is 5.10 Å². The lowest BCUT2D eigenvalue weighted by Crippen LogP contribution is -2.40. The van der Waals surface area contributed by atoms with Crippen LogP contribution in [0.4, 0.5) is 0 Å². The molecule has 4 heterocycles. The van der Waals surface area contributed by atoms with E-state index in [9.17, 15) is 4.79 Å². The first-order chi connectivity index (χ1) is 12.8. The molecule has 3 aromatic rings. The van der Waals surface area contributed by atoms with Crippen molar-refractivity contribution in [2.75, 3.05) is 13.1 Å². The van der Waals surface area contributed by atoms with Gasteiger partial charge in [0.1, 0.15) is 5.03 Å². The standard InChI is InChI=1S/C18H21N5OS2/c1-2-14(18(24)22-9-4-3-5-10-22)26-16-7-6-15-19-20-17(23(15)21-16)13-8-11-25-12-13/h6-8,11-12,14H,2-5,9-10H2,1H3/t14-/m1/s1. The molecule has 1 amide bonds. The van der Waals surface area contributed by atoms with Crippen molar-refractivity contribution in [2.45, 2.75) is 42.9 Å². The minimum Gasteiger partial charge on any atom is -0.342 e. The van der Waals surface area contributed by atoms with Crippen molar-refractivity contribution in [2.24, 2.45) is 0 Å². The summed E-state index contributed by atoms with van der Waals surface area (Å²) in [5.41, 5.74) is 1.72. The highest BCUT2D eigenvalue weighted by molar-refractivity contribution is 8.00. The maximum absolute atomic E-state index is 12.8. The van der Waals surface area contributed by atoms with Gasteiger partial charge in [-0.25, -0.2) is 0 Å². The molecular formula is C18H21N5OS2. The van der Waals surface area contributed by atoms with Gasteiger partial charge in [-0.05, 0) is 49.3 Å². The second kappa shape index (κ2) is 7.75. The predicted octanol–water partition coefficient (Wildman–Crippen LogP) is 3.74. The van der Waals surface area contributed by atoms with Crippen LogP contribution in [0.3, 0.4) is 0 Å². The van der Waals surface area contributed by atoms with E-state index in [0.717, 1.165) is 48.8 Å². The van der Waals surface area contributed by atoms with Crippen molar-refractivity contribution >= 4 is 34.7 Å². The molecule has 1 saturated heterocycles. The summed E-state index contributed by atoms with van der Waals surface area (Å²) >= 11 is 3.16. The topological polar surface area (TPSA) is 63.4 Å². The number of carbonyl (C=O) groups excluding carboxylic acids is 1. The molecule has 26 heavy (non-hydrogen) atoms. The van der Waals surface area contributed by atoms with Crippen LogP contribution in [0.25, 0.3) is 17.0 Å². The summed E-state index contributed by atoms with van der Waals surface area (Å²) in [7, 11) is 0. The average Bonchev–Trinajstić information content (AvgIpc) is 3.35. The van der Waals surface area contributed by atoms with Gasteiger partial charge >= 0.3 is 0 Å². The predicted molar refractivity (Wildman–Crippen MR) is 104 cm³/mol. The van der Waals surface area contributed by atoms with Crippen LogP contribution in [0.5, 0.6) is 0 Å². The van der Waals surface area contributed by atoms with Gasteiger partial charge in [0.25, 0.3) is 0 Å². The molecule has 0 radical (unpaired) electrons. The minimum absolute atomic E-state index is 0.0980. The highest BCUT2D eigenvalue weighted by Crippen LogP contribution is 2.28. The number of thiophene rings is 1. The van der Waals surface area contributed by atoms with Crippen LogP contribution in [0.2, 0.25) is 0 Å². The molecule has 4 rings (SSSR count). The molecule has 1 aliphatic heterocycles. The van der Waals surface area contributed by atoms with Crippen molar-refractivity contribution < 1.29 is 4.79 Å². The van der Waals surface area contributed by atoms with Gasteiger partial charge in [0.05, 0.1) is 5.25 Å². The molecule has 0 aliphatic carbocycles. The second-order valence-corrected chi connectivity index (χ2v) is 8.38. The van der Waals surface area contributed by atoms with E-state index in [-0.39, 0.29) is 11.2 Å². The smallest absolute Gasteiger partial charge is 0.236 e. The zero-order valence-corrected chi connectivity index (χ0v) is 16.3. The molecule has 0 saturated carbocycles. The quantitative estimate of drug-likeness (QED) is 0.624. The highest BCUT2D eigenvalue weighted by atomic mass is 32.2. The van der Waals surface area contributed by atoms with Gasteiger partial charge in [0.15, 0.2) is 11.5 Å². The molecule has 0 spiro atoms. The van der Waals surface area contributed by atoms with E-state index in [2.05, 4.69) is 17.1 Å². The molecule has 6 nitrogen and oxygen atoms in total. The zero-order valence-electron chi connectivity index (χ0n) is 14.7. The lowest BCUT2D eigenvalue weighted by Gasteiger charge is -2.29. The first-order valence-corrected chi connectivity index (χ1v) is 10.8. The van der Waals surface area contributed by atoms with Crippen LogP contribution < -0.4 is 0 Å². The summed E-state index contributed by atoms with van der Waals surface area (Å²) < 4.78 is 1.77. The first-order valence-electron chi connectivity index (χ1n) is 8.96. The van der Waals surface area contributed by atoms with E-state index in [1.807, 2.05) is 33.9 Å². The summed E-state index contributed by atoms with van der Waals surface area (Å²) in [4.78, 5) is 14.9. The Labute approximate surface area is 160 Å². The number of nitrogens with zero attached hydrogens (tertiary/aromatic N) is 5. The Hall–Kier alpha value is -1.93. The monoisotopic (exact) mass is 387 g/mol. The molecule has 8 heteroatoms. The number of fused-ring (bicyclic) bond motifs is 1. The third-order valence-corrected chi connectivity index (χ3v) is 6.56. The number of thioether (sulfide) groups is 1. The molecule has 0 bridgehead atoms. The molecule has 3 aromatic heterocycles. The van der Waals surface area contributed by atoms with Gasteiger partial charge in [-0.2, -0.15) is 21.0 Å². The van der Waals surface area contributed by atoms with Crippen LogP contribution in [0.15, 0.2) is 34.0 Å². The molecule has 1 atom stereocenters. The SMILES string of the molecule is CC[C@@H](Sc1ccc2nnc(-c3ccsc3)n2n1)C(=O)N1CCCCC1. The Morgan fingerprint density at radius 2 is 2.08 bits per heavy atom. The number of piperidine rings is 1. The second-order valence-electron chi connectivity index (χ2n) is 6.38. The van der Waals surface area contributed by atoms with Crippen LogP contribution in [0.1, 0.15) is 32.6 Å². The fourth-order valence-corrected chi connectivity index (χ4v) is 4.80. The summed E-state index contributed by atoms with van der Waals surface area (Å²) in [5, 5.41) is 17.9. The molecular weight excluding hydrogens is 366 g/mol. The first kappa shape index (κ1) is 17.5. The van der Waals surface area contributed by atoms with E-state index in [1.54, 1.807) is 15.9 Å². The molecule has 1 aliphatic rings. The Kier molecular flexibility index (Phi) is 5.21. The third kappa shape index (κ3) is 3.48. The fraction of sp³-hybridized carbons (Fsp3) is 0.444. The lowest BCUT2D eigenvalue weighted by atomic mass is 10.1. The van der Waals surface area contributed by atoms with E-state index in [1.165, 1.54) is 18.2 Å². The number of likely N-dealkylation sites (tertiary alicyclic amines) is 1. The maximum Gasteiger partial charge on any atom is 0.236 e. The van der Waals surface area contributed by atoms with Gasteiger partial charge in [0.2, 0.25) is 5.91 Å². The molecule has 136 valence electrons. The van der Waals surface area contributed by atoms with Crippen molar-refractivity contribution in [3.63, 3.8) is 0 Å². The van der Waals surface area contributed by atoms with E-state index in [0.29, 0.717) is 5.65 Å². The highest BCUT2D eigenvalue weighted by Gasteiger charge is 2.25. The minimum atomic E-state index is -0.0980. The number of aromatic nitrogens is 4. The third-order valence-electron chi connectivity index (χ3n) is 4.59. The summed E-state index contributed by atoms with van der Waals surface area (Å²) in [5.74, 6) is 0.972. The number of carbonyl (C=O) groups is 1. The number of rotatable bonds is 5. The Morgan fingerprint density at radius 3 is 2.81 bits per heavy atom. The average molecular weight is 388 g/mol. The molecule has 0 aromatic carbocycles. The molecule has 0 unspecified atom stereocenters. The van der Waals surface area contributed by atoms with Crippen molar-refractivity contribution in [3.8, 4) is 11.4 Å². The maximum atomic E-state index is 12.8. The summed E-state index contributed by atoms with van der Waals surface area (Å²) in [6.45, 7) is 3.83. The van der Waals surface area contributed by atoms with Crippen molar-refractivity contribution in [1.82, 2.24) is 24.7 Å². The number of hydrogen-bond acceptors (Lipinski definition) is 6. The molecule has 1 fully saturated rings. The van der Waals surface area contributed by atoms with Crippen LogP contribution in [0, 0.1) is 0 Å². The summed E-state index contributed by atoms with van der Waals surface area (Å²) in [6, 6.07) is 5.85. The number of hydrogen-bond donors (Lipinski definition) is 0. The van der Waals surface area contributed by atoms with Gasteiger partial charge in [-0.15, -0.1) is 10.2 Å². The largest absolute Gasteiger partial charge is 0.342 e. The van der Waals surface area contributed by atoms with Crippen LogP contribution in [-0.2, 0) is 4.79 Å². The van der Waals surface area contributed by atoms with Crippen molar-refractivity contribution in [3.05, 3.63) is 29.0 Å². The van der Waals surface area contributed by atoms with Gasteiger partial charge < -0.3 is 4.90 Å². The van der Waals surface area contributed by atoms with Gasteiger partial charge in [-0.1, -0.05) is 18.7 Å². The normalized spacial score (nSPS) is 16.1.